The van der Waals surface area contributed by atoms with Crippen LogP contribution in [-0.4, -0.2) is 24.8 Å². The number of fused-ring (bicyclic) bond motifs is 1. The first-order chi connectivity index (χ1) is 11.8. The van der Waals surface area contributed by atoms with E-state index in [0.717, 1.165) is 19.6 Å². The lowest BCUT2D eigenvalue weighted by atomic mass is 10.1. The smallest absolute Gasteiger partial charge is 0.176 e. The average Bonchev–Trinajstić information content (AvgIpc) is 2.62. The molecule has 3 aromatic rings. The standard InChI is InChI=1S/C20H21Cl2N2/c21-10-13-24(14-11-22)20-7-5-17(6-8-20)15-23-12-9-18-3-1-2-4-19(18)16-23/h1-9,12,16H,10-11,13-15H2/q+1. The highest BCUT2D eigenvalue weighted by molar-refractivity contribution is 6.18. The topological polar surface area (TPSA) is 7.12 Å². The lowest BCUT2D eigenvalue weighted by Crippen LogP contribution is -2.33. The van der Waals surface area contributed by atoms with Crippen LogP contribution in [0.5, 0.6) is 0 Å². The Morgan fingerprint density at radius 3 is 2.12 bits per heavy atom. The molecule has 0 saturated heterocycles. The predicted octanol–water partition coefficient (Wildman–Crippen LogP) is 4.46. The van der Waals surface area contributed by atoms with Gasteiger partial charge in [-0.1, -0.05) is 30.3 Å². The van der Waals surface area contributed by atoms with E-state index in [1.165, 1.54) is 22.0 Å². The Balaban J connectivity index is 1.75. The van der Waals surface area contributed by atoms with Crippen molar-refractivity contribution in [2.75, 3.05) is 29.7 Å². The second-order valence-electron chi connectivity index (χ2n) is 5.78. The van der Waals surface area contributed by atoms with Crippen molar-refractivity contribution >= 4 is 39.7 Å². The summed E-state index contributed by atoms with van der Waals surface area (Å²) < 4.78 is 2.21. The van der Waals surface area contributed by atoms with Gasteiger partial charge in [-0.3, -0.25) is 0 Å². The highest BCUT2D eigenvalue weighted by atomic mass is 35.5. The van der Waals surface area contributed by atoms with E-state index >= 15 is 0 Å². The molecule has 4 heteroatoms. The second-order valence-corrected chi connectivity index (χ2v) is 6.53. The van der Waals surface area contributed by atoms with Crippen LogP contribution in [0.1, 0.15) is 5.56 Å². The molecule has 0 aliphatic carbocycles. The molecule has 0 aliphatic rings. The highest BCUT2D eigenvalue weighted by Crippen LogP contribution is 2.16. The normalized spacial score (nSPS) is 10.9. The number of hydrogen-bond donors (Lipinski definition) is 0. The third-order valence-corrected chi connectivity index (χ3v) is 4.46. The van der Waals surface area contributed by atoms with Gasteiger partial charge < -0.3 is 4.90 Å². The van der Waals surface area contributed by atoms with Crippen molar-refractivity contribution in [2.45, 2.75) is 6.54 Å². The third kappa shape index (κ3) is 4.19. The zero-order valence-electron chi connectivity index (χ0n) is 13.5. The van der Waals surface area contributed by atoms with Gasteiger partial charge in [0, 0.05) is 47.6 Å². The molecule has 0 atom stereocenters. The number of rotatable bonds is 7. The summed E-state index contributed by atoms with van der Waals surface area (Å²) in [6.07, 6.45) is 4.32. The molecular formula is C20H21Cl2N2+. The van der Waals surface area contributed by atoms with E-state index in [9.17, 15) is 0 Å². The largest absolute Gasteiger partial charge is 0.369 e. The first kappa shape index (κ1) is 17.1. The van der Waals surface area contributed by atoms with Gasteiger partial charge in [-0.05, 0) is 23.6 Å². The summed E-state index contributed by atoms with van der Waals surface area (Å²) in [6.45, 7) is 2.48. The van der Waals surface area contributed by atoms with E-state index in [-0.39, 0.29) is 0 Å². The fraction of sp³-hybridized carbons (Fsp3) is 0.250. The Labute approximate surface area is 153 Å². The summed E-state index contributed by atoms with van der Waals surface area (Å²) in [4.78, 5) is 2.22. The minimum atomic E-state index is 0.603. The number of alkyl halides is 2. The van der Waals surface area contributed by atoms with Crippen molar-refractivity contribution in [1.29, 1.82) is 0 Å². The number of nitrogens with zero attached hydrogens (tertiary/aromatic N) is 2. The molecule has 2 aromatic carbocycles. The lowest BCUT2D eigenvalue weighted by molar-refractivity contribution is -0.687. The zero-order chi connectivity index (χ0) is 16.8. The fourth-order valence-electron chi connectivity index (χ4n) is 2.87. The summed E-state index contributed by atoms with van der Waals surface area (Å²) >= 11 is 11.8. The Morgan fingerprint density at radius 1 is 0.792 bits per heavy atom. The van der Waals surface area contributed by atoms with Crippen LogP contribution < -0.4 is 9.47 Å². The molecule has 0 aliphatic heterocycles. The van der Waals surface area contributed by atoms with Gasteiger partial charge in [0.05, 0.1) is 0 Å². The molecule has 24 heavy (non-hydrogen) atoms. The molecule has 0 bridgehead atoms. The SMILES string of the molecule is ClCCN(CCCl)c1ccc(C[n+]2ccc3ccccc3c2)cc1. The molecule has 3 rings (SSSR count). The summed E-state index contributed by atoms with van der Waals surface area (Å²) in [5, 5.41) is 2.52. The molecule has 0 unspecified atom stereocenters. The summed E-state index contributed by atoms with van der Waals surface area (Å²) in [7, 11) is 0. The van der Waals surface area contributed by atoms with Gasteiger partial charge in [0.2, 0.25) is 0 Å². The monoisotopic (exact) mass is 359 g/mol. The molecule has 1 heterocycles. The van der Waals surface area contributed by atoms with E-state index in [0.29, 0.717) is 11.8 Å². The Kier molecular flexibility index (Phi) is 5.95. The molecule has 0 fully saturated rings. The number of hydrogen-bond acceptors (Lipinski definition) is 1. The van der Waals surface area contributed by atoms with Crippen LogP contribution >= 0.6 is 23.2 Å². The maximum absolute atomic E-state index is 5.88. The van der Waals surface area contributed by atoms with Crippen LogP contribution in [0.15, 0.2) is 67.0 Å². The van der Waals surface area contributed by atoms with Crippen LogP contribution in [0.2, 0.25) is 0 Å². The quantitative estimate of drug-likeness (QED) is 0.446. The summed E-state index contributed by atoms with van der Waals surface area (Å²) in [5.74, 6) is 1.21. The highest BCUT2D eigenvalue weighted by Gasteiger charge is 2.08. The summed E-state index contributed by atoms with van der Waals surface area (Å²) in [6, 6.07) is 19.2. The lowest BCUT2D eigenvalue weighted by Gasteiger charge is -2.22. The molecule has 0 amide bonds. The van der Waals surface area contributed by atoms with Crippen LogP contribution in [-0.2, 0) is 6.54 Å². The molecule has 0 spiro atoms. The van der Waals surface area contributed by atoms with E-state index in [4.69, 9.17) is 23.2 Å². The van der Waals surface area contributed by atoms with E-state index in [1.807, 2.05) is 0 Å². The maximum Gasteiger partial charge on any atom is 0.176 e. The predicted molar refractivity (Wildman–Crippen MR) is 103 cm³/mol. The molecule has 0 saturated carbocycles. The fourth-order valence-corrected chi connectivity index (χ4v) is 3.28. The first-order valence-corrected chi connectivity index (χ1v) is 9.21. The number of halogens is 2. The minimum absolute atomic E-state index is 0.603. The van der Waals surface area contributed by atoms with Crippen LogP contribution in [0.4, 0.5) is 5.69 Å². The van der Waals surface area contributed by atoms with Gasteiger partial charge in [-0.25, -0.2) is 4.57 Å². The molecular weight excluding hydrogens is 339 g/mol. The number of pyridine rings is 1. The molecule has 124 valence electrons. The van der Waals surface area contributed by atoms with E-state index in [2.05, 4.69) is 76.5 Å². The first-order valence-electron chi connectivity index (χ1n) is 8.14. The van der Waals surface area contributed by atoms with Crippen molar-refractivity contribution in [3.05, 3.63) is 72.6 Å². The zero-order valence-corrected chi connectivity index (χ0v) is 15.0. The van der Waals surface area contributed by atoms with Gasteiger partial charge in [0.1, 0.15) is 0 Å². The van der Waals surface area contributed by atoms with Crippen LogP contribution in [0.3, 0.4) is 0 Å². The van der Waals surface area contributed by atoms with Crippen molar-refractivity contribution < 1.29 is 4.57 Å². The van der Waals surface area contributed by atoms with Crippen LogP contribution in [0.25, 0.3) is 10.8 Å². The summed E-state index contributed by atoms with van der Waals surface area (Å²) in [5.41, 5.74) is 2.44. The van der Waals surface area contributed by atoms with Gasteiger partial charge in [-0.15, -0.1) is 23.2 Å². The number of aromatic nitrogens is 1. The Morgan fingerprint density at radius 2 is 1.46 bits per heavy atom. The maximum atomic E-state index is 5.88. The van der Waals surface area contributed by atoms with Gasteiger partial charge >= 0.3 is 0 Å². The van der Waals surface area contributed by atoms with Crippen molar-refractivity contribution in [3.8, 4) is 0 Å². The molecule has 0 radical (unpaired) electrons. The van der Waals surface area contributed by atoms with Crippen LogP contribution in [0, 0.1) is 0 Å². The van der Waals surface area contributed by atoms with Gasteiger partial charge in [0.15, 0.2) is 18.9 Å². The van der Waals surface area contributed by atoms with E-state index < -0.39 is 0 Å². The third-order valence-electron chi connectivity index (χ3n) is 4.12. The van der Waals surface area contributed by atoms with Crippen molar-refractivity contribution in [3.63, 3.8) is 0 Å². The number of anilines is 1. The van der Waals surface area contributed by atoms with Gasteiger partial charge in [-0.2, -0.15) is 0 Å². The minimum Gasteiger partial charge on any atom is -0.369 e. The Hall–Kier alpha value is -1.77. The molecule has 1 aromatic heterocycles. The Bertz CT molecular complexity index is 781. The average molecular weight is 360 g/mol. The van der Waals surface area contributed by atoms with Gasteiger partial charge in [0.25, 0.3) is 0 Å². The van der Waals surface area contributed by atoms with E-state index in [1.54, 1.807) is 0 Å². The van der Waals surface area contributed by atoms with Crippen molar-refractivity contribution in [1.82, 2.24) is 0 Å². The van der Waals surface area contributed by atoms with Crippen molar-refractivity contribution in [2.24, 2.45) is 0 Å². The second kappa shape index (κ2) is 8.36. The molecule has 2 nitrogen and oxygen atoms in total. The molecule has 0 N–H and O–H groups in total. The number of benzene rings is 2.